The molecule has 6 nitrogen and oxygen atoms in total. The van der Waals surface area contributed by atoms with Crippen LogP contribution in [0.3, 0.4) is 0 Å². The normalized spacial score (nSPS) is 10.5. The van der Waals surface area contributed by atoms with Gasteiger partial charge in [0.25, 0.3) is 0 Å². The Morgan fingerprint density at radius 3 is 2.60 bits per heavy atom. The van der Waals surface area contributed by atoms with E-state index >= 15 is 0 Å². The van der Waals surface area contributed by atoms with Gasteiger partial charge in [-0.1, -0.05) is 23.7 Å². The maximum Gasteiger partial charge on any atom is 0.226 e. The summed E-state index contributed by atoms with van der Waals surface area (Å²) in [5.41, 5.74) is 2.62. The fourth-order valence-electron chi connectivity index (χ4n) is 2.43. The molecule has 0 unspecified atom stereocenters. The third kappa shape index (κ3) is 4.16. The number of amides is 1. The average molecular weight is 357 g/mol. The summed E-state index contributed by atoms with van der Waals surface area (Å²) in [6.07, 6.45) is 4.31. The zero-order chi connectivity index (χ0) is 17.6. The second-order valence-corrected chi connectivity index (χ2v) is 5.83. The number of halogens is 1. The monoisotopic (exact) mass is 356 g/mol. The van der Waals surface area contributed by atoms with Crippen molar-refractivity contribution in [2.75, 3.05) is 12.4 Å². The number of anilines is 1. The van der Waals surface area contributed by atoms with Crippen molar-refractivity contribution < 1.29 is 9.53 Å². The number of nitrogens with zero attached hydrogens (tertiary/aromatic N) is 2. The van der Waals surface area contributed by atoms with Crippen molar-refractivity contribution in [3.8, 4) is 17.0 Å². The largest absolute Gasteiger partial charge is 0.491 e. The molecule has 0 spiro atoms. The molecule has 7 heteroatoms. The van der Waals surface area contributed by atoms with Gasteiger partial charge in [0.15, 0.2) is 11.6 Å². The van der Waals surface area contributed by atoms with Crippen molar-refractivity contribution in [2.24, 2.45) is 0 Å². The van der Waals surface area contributed by atoms with E-state index in [0.29, 0.717) is 35.1 Å². The molecule has 128 valence electrons. The molecular weight excluding hydrogens is 340 g/mol. The molecule has 0 fully saturated rings. The number of carbonyl (C=O) groups is 1. The van der Waals surface area contributed by atoms with Crippen molar-refractivity contribution in [3.05, 3.63) is 59.4 Å². The minimum absolute atomic E-state index is 0.138. The quantitative estimate of drug-likeness (QED) is 0.705. The van der Waals surface area contributed by atoms with Gasteiger partial charge in [-0.05, 0) is 36.2 Å². The first-order valence-corrected chi connectivity index (χ1v) is 8.12. The zero-order valence-electron chi connectivity index (χ0n) is 13.6. The van der Waals surface area contributed by atoms with Gasteiger partial charge < -0.3 is 10.1 Å². The Hall–Kier alpha value is -2.86. The highest BCUT2D eigenvalue weighted by Gasteiger charge is 2.17. The summed E-state index contributed by atoms with van der Waals surface area (Å²) in [5, 5.41) is 10.5. The number of carbonyl (C=O) groups excluding carboxylic acids is 1. The van der Waals surface area contributed by atoms with Crippen LogP contribution in [-0.2, 0) is 11.2 Å². The van der Waals surface area contributed by atoms with E-state index < -0.39 is 0 Å². The lowest BCUT2D eigenvalue weighted by Gasteiger charge is -2.06. The van der Waals surface area contributed by atoms with Gasteiger partial charge in [0.2, 0.25) is 5.91 Å². The van der Waals surface area contributed by atoms with E-state index in [1.54, 1.807) is 19.5 Å². The molecule has 0 aliphatic carbocycles. The van der Waals surface area contributed by atoms with Gasteiger partial charge in [-0.3, -0.25) is 14.9 Å². The molecule has 0 aliphatic heterocycles. The van der Waals surface area contributed by atoms with E-state index in [2.05, 4.69) is 20.5 Å². The average Bonchev–Trinajstić information content (AvgIpc) is 3.04. The molecule has 0 atom stereocenters. The van der Waals surface area contributed by atoms with Crippen LogP contribution in [0.1, 0.15) is 12.0 Å². The Balaban J connectivity index is 1.67. The second kappa shape index (κ2) is 7.81. The predicted octanol–water partition coefficient (Wildman–Crippen LogP) is 3.71. The molecule has 0 saturated carbocycles. The summed E-state index contributed by atoms with van der Waals surface area (Å²) in [7, 11) is 1.54. The smallest absolute Gasteiger partial charge is 0.226 e. The fourth-order valence-corrected chi connectivity index (χ4v) is 2.56. The number of rotatable bonds is 6. The molecule has 0 saturated heterocycles. The first-order chi connectivity index (χ1) is 12.2. The molecule has 2 aromatic heterocycles. The van der Waals surface area contributed by atoms with Crippen LogP contribution in [0.4, 0.5) is 5.82 Å². The number of ether oxygens (including phenoxy) is 1. The summed E-state index contributed by atoms with van der Waals surface area (Å²) in [5.74, 6) is 0.725. The lowest BCUT2D eigenvalue weighted by Crippen LogP contribution is -2.13. The van der Waals surface area contributed by atoms with Gasteiger partial charge in [-0.15, -0.1) is 0 Å². The van der Waals surface area contributed by atoms with Crippen LogP contribution in [0.5, 0.6) is 5.75 Å². The molecular formula is C18H17ClN4O2. The van der Waals surface area contributed by atoms with Crippen LogP contribution >= 0.6 is 11.6 Å². The number of pyridine rings is 1. The number of aromatic amines is 1. The van der Waals surface area contributed by atoms with Crippen LogP contribution < -0.4 is 10.1 Å². The minimum Gasteiger partial charge on any atom is -0.491 e. The maximum absolute atomic E-state index is 12.2. The van der Waals surface area contributed by atoms with Gasteiger partial charge in [0, 0.05) is 29.4 Å². The number of benzene rings is 1. The maximum atomic E-state index is 12.2. The molecule has 1 amide bonds. The number of hydrogen-bond acceptors (Lipinski definition) is 4. The van der Waals surface area contributed by atoms with Crippen LogP contribution in [0.15, 0.2) is 48.8 Å². The molecule has 2 heterocycles. The molecule has 3 rings (SSSR count). The first kappa shape index (κ1) is 17.0. The summed E-state index contributed by atoms with van der Waals surface area (Å²) in [6.45, 7) is 0. The van der Waals surface area contributed by atoms with Crippen molar-refractivity contribution in [1.82, 2.24) is 15.2 Å². The SMILES string of the molecule is COc1c(NC(=O)CCc2ccc(Cl)cc2)n[nH]c1-c1ccncc1. The summed E-state index contributed by atoms with van der Waals surface area (Å²) < 4.78 is 5.40. The van der Waals surface area contributed by atoms with Gasteiger partial charge >= 0.3 is 0 Å². The molecule has 0 bridgehead atoms. The summed E-state index contributed by atoms with van der Waals surface area (Å²) >= 11 is 5.86. The number of hydrogen-bond donors (Lipinski definition) is 2. The highest BCUT2D eigenvalue weighted by Crippen LogP contribution is 2.33. The van der Waals surface area contributed by atoms with Gasteiger partial charge in [-0.25, -0.2) is 0 Å². The van der Waals surface area contributed by atoms with Gasteiger partial charge in [-0.2, -0.15) is 5.10 Å². The van der Waals surface area contributed by atoms with Crippen molar-refractivity contribution in [1.29, 1.82) is 0 Å². The number of aromatic nitrogens is 3. The van der Waals surface area contributed by atoms with E-state index in [0.717, 1.165) is 11.1 Å². The standard InChI is InChI=1S/C18H17ClN4O2/c1-25-17-16(13-8-10-20-11-9-13)22-23-18(17)21-15(24)7-4-12-2-5-14(19)6-3-12/h2-3,5-6,8-11H,4,7H2,1H3,(H2,21,22,23,24). The topological polar surface area (TPSA) is 79.9 Å². The van der Waals surface area contributed by atoms with Gasteiger partial charge in [0.05, 0.1) is 7.11 Å². The number of nitrogens with one attached hydrogen (secondary N) is 2. The van der Waals surface area contributed by atoms with E-state index in [1.165, 1.54) is 0 Å². The minimum atomic E-state index is -0.138. The van der Waals surface area contributed by atoms with E-state index in [9.17, 15) is 4.79 Å². The lowest BCUT2D eigenvalue weighted by molar-refractivity contribution is -0.116. The Bertz CT molecular complexity index is 847. The molecule has 1 aromatic carbocycles. The molecule has 25 heavy (non-hydrogen) atoms. The van der Waals surface area contributed by atoms with Crippen LogP contribution in [0.2, 0.25) is 5.02 Å². The molecule has 3 aromatic rings. The Kier molecular flexibility index (Phi) is 5.30. The molecule has 2 N–H and O–H groups in total. The Morgan fingerprint density at radius 1 is 1.20 bits per heavy atom. The van der Waals surface area contributed by atoms with Crippen molar-refractivity contribution >= 4 is 23.3 Å². The summed E-state index contributed by atoms with van der Waals surface area (Å²) in [4.78, 5) is 16.2. The predicted molar refractivity (Wildman–Crippen MR) is 96.8 cm³/mol. The van der Waals surface area contributed by atoms with Gasteiger partial charge in [0.1, 0.15) is 5.69 Å². The summed E-state index contributed by atoms with van der Waals surface area (Å²) in [6, 6.07) is 11.1. The number of methoxy groups -OCH3 is 1. The highest BCUT2D eigenvalue weighted by molar-refractivity contribution is 6.30. The van der Waals surface area contributed by atoms with E-state index in [-0.39, 0.29) is 5.91 Å². The molecule has 0 aliphatic rings. The Morgan fingerprint density at radius 2 is 1.92 bits per heavy atom. The van der Waals surface area contributed by atoms with E-state index in [4.69, 9.17) is 16.3 Å². The fraction of sp³-hybridized carbons (Fsp3) is 0.167. The Labute approximate surface area is 150 Å². The second-order valence-electron chi connectivity index (χ2n) is 5.39. The van der Waals surface area contributed by atoms with Crippen LogP contribution in [0.25, 0.3) is 11.3 Å². The van der Waals surface area contributed by atoms with Crippen molar-refractivity contribution in [3.63, 3.8) is 0 Å². The zero-order valence-corrected chi connectivity index (χ0v) is 14.4. The van der Waals surface area contributed by atoms with E-state index in [1.807, 2.05) is 36.4 Å². The number of H-pyrrole nitrogens is 1. The van der Waals surface area contributed by atoms with Crippen LogP contribution in [-0.4, -0.2) is 28.2 Å². The highest BCUT2D eigenvalue weighted by atomic mass is 35.5. The molecule has 0 radical (unpaired) electrons. The third-order valence-electron chi connectivity index (χ3n) is 3.71. The first-order valence-electron chi connectivity index (χ1n) is 7.74. The number of aryl methyl sites for hydroxylation is 1. The third-order valence-corrected chi connectivity index (χ3v) is 3.96. The van der Waals surface area contributed by atoms with Crippen molar-refractivity contribution in [2.45, 2.75) is 12.8 Å². The lowest BCUT2D eigenvalue weighted by atomic mass is 10.1. The van der Waals surface area contributed by atoms with Crippen LogP contribution in [0, 0.1) is 0 Å².